The number of hydrogen-bond acceptors (Lipinski definition) is 4. The molecule has 2 unspecified atom stereocenters. The standard InChI is InChI=1S/C18H30N2O3/c1-5-13(4)17(19)18(21)20-11-10-14-8-9-15(22-6-2)16(12-14)23-7-3/h8-9,12-13,17H,5-7,10-11,19H2,1-4H3,(H,20,21). The molecular weight excluding hydrogens is 292 g/mol. The van der Waals surface area contributed by atoms with Crippen LogP contribution in [0.5, 0.6) is 11.5 Å². The van der Waals surface area contributed by atoms with Gasteiger partial charge < -0.3 is 20.5 Å². The van der Waals surface area contributed by atoms with Gasteiger partial charge in [0.1, 0.15) is 0 Å². The highest BCUT2D eigenvalue weighted by atomic mass is 16.5. The summed E-state index contributed by atoms with van der Waals surface area (Å²) in [4.78, 5) is 12.0. The van der Waals surface area contributed by atoms with E-state index in [9.17, 15) is 4.79 Å². The van der Waals surface area contributed by atoms with Gasteiger partial charge in [-0.2, -0.15) is 0 Å². The Morgan fingerprint density at radius 2 is 1.83 bits per heavy atom. The van der Waals surface area contributed by atoms with E-state index >= 15 is 0 Å². The van der Waals surface area contributed by atoms with Crippen molar-refractivity contribution in [2.24, 2.45) is 11.7 Å². The number of nitrogens with one attached hydrogen (secondary N) is 1. The highest BCUT2D eigenvalue weighted by Crippen LogP contribution is 2.28. The molecule has 1 amide bonds. The lowest BCUT2D eigenvalue weighted by Gasteiger charge is -2.18. The number of amides is 1. The molecule has 0 aliphatic heterocycles. The van der Waals surface area contributed by atoms with Crippen molar-refractivity contribution in [1.29, 1.82) is 0 Å². The first-order chi connectivity index (χ1) is 11.0. The maximum absolute atomic E-state index is 12.0. The summed E-state index contributed by atoms with van der Waals surface area (Å²) in [6.45, 7) is 9.66. The maximum Gasteiger partial charge on any atom is 0.237 e. The number of hydrogen-bond donors (Lipinski definition) is 2. The molecule has 2 atom stereocenters. The zero-order chi connectivity index (χ0) is 17.2. The third-order valence-corrected chi connectivity index (χ3v) is 3.88. The largest absolute Gasteiger partial charge is 0.490 e. The number of carbonyl (C=O) groups excluding carboxylic acids is 1. The summed E-state index contributed by atoms with van der Waals surface area (Å²) in [5.41, 5.74) is 7.01. The van der Waals surface area contributed by atoms with Crippen molar-refractivity contribution >= 4 is 5.91 Å². The van der Waals surface area contributed by atoms with E-state index in [-0.39, 0.29) is 11.8 Å². The van der Waals surface area contributed by atoms with Crippen LogP contribution in [0, 0.1) is 5.92 Å². The Labute approximate surface area is 139 Å². The third-order valence-electron chi connectivity index (χ3n) is 3.88. The Balaban J connectivity index is 2.57. The molecule has 130 valence electrons. The average molecular weight is 322 g/mol. The molecule has 5 heteroatoms. The Kier molecular flexibility index (Phi) is 8.48. The van der Waals surface area contributed by atoms with Gasteiger partial charge >= 0.3 is 0 Å². The lowest BCUT2D eigenvalue weighted by atomic mass is 9.99. The third kappa shape index (κ3) is 6.10. The molecule has 0 saturated carbocycles. The summed E-state index contributed by atoms with van der Waals surface area (Å²) in [7, 11) is 0. The molecule has 0 aliphatic rings. The smallest absolute Gasteiger partial charge is 0.237 e. The van der Waals surface area contributed by atoms with E-state index in [1.165, 1.54) is 0 Å². The van der Waals surface area contributed by atoms with Crippen molar-refractivity contribution in [3.05, 3.63) is 23.8 Å². The quantitative estimate of drug-likeness (QED) is 0.694. The molecule has 3 N–H and O–H groups in total. The molecule has 23 heavy (non-hydrogen) atoms. The van der Waals surface area contributed by atoms with E-state index in [0.717, 1.165) is 29.9 Å². The fourth-order valence-electron chi connectivity index (χ4n) is 2.21. The molecule has 0 aliphatic carbocycles. The predicted octanol–water partition coefficient (Wildman–Crippen LogP) is 2.52. The van der Waals surface area contributed by atoms with Crippen LogP contribution >= 0.6 is 0 Å². The lowest BCUT2D eigenvalue weighted by molar-refractivity contribution is -0.123. The normalized spacial score (nSPS) is 13.3. The SMILES string of the molecule is CCOc1ccc(CCNC(=O)C(N)C(C)CC)cc1OCC. The van der Waals surface area contributed by atoms with E-state index in [4.69, 9.17) is 15.2 Å². The summed E-state index contributed by atoms with van der Waals surface area (Å²) < 4.78 is 11.2. The van der Waals surface area contributed by atoms with Gasteiger partial charge in [0.05, 0.1) is 19.3 Å². The Morgan fingerprint density at radius 1 is 1.17 bits per heavy atom. The fourth-order valence-corrected chi connectivity index (χ4v) is 2.21. The van der Waals surface area contributed by atoms with Crippen molar-refractivity contribution in [2.75, 3.05) is 19.8 Å². The van der Waals surface area contributed by atoms with Crippen molar-refractivity contribution < 1.29 is 14.3 Å². The predicted molar refractivity (Wildman–Crippen MR) is 92.9 cm³/mol. The van der Waals surface area contributed by atoms with E-state index in [1.807, 2.05) is 45.9 Å². The number of rotatable bonds is 10. The number of nitrogens with two attached hydrogens (primary N) is 1. The Bertz CT molecular complexity index is 491. The van der Waals surface area contributed by atoms with Crippen LogP contribution in [-0.2, 0) is 11.2 Å². The molecular formula is C18H30N2O3. The summed E-state index contributed by atoms with van der Waals surface area (Å²) in [6.07, 6.45) is 1.62. The van der Waals surface area contributed by atoms with Crippen LogP contribution in [-0.4, -0.2) is 31.7 Å². The molecule has 0 fully saturated rings. The minimum absolute atomic E-state index is 0.0877. The van der Waals surface area contributed by atoms with E-state index in [1.54, 1.807) is 0 Å². The summed E-state index contributed by atoms with van der Waals surface area (Å²) >= 11 is 0. The van der Waals surface area contributed by atoms with Gasteiger partial charge in [-0.3, -0.25) is 4.79 Å². The molecule has 0 bridgehead atoms. The van der Waals surface area contributed by atoms with Gasteiger partial charge in [0.15, 0.2) is 11.5 Å². The highest BCUT2D eigenvalue weighted by Gasteiger charge is 2.18. The van der Waals surface area contributed by atoms with E-state index in [2.05, 4.69) is 5.32 Å². The zero-order valence-electron chi connectivity index (χ0n) is 14.7. The van der Waals surface area contributed by atoms with Crippen molar-refractivity contribution in [3.8, 4) is 11.5 Å². The number of ether oxygens (including phenoxy) is 2. The van der Waals surface area contributed by atoms with Crippen LogP contribution in [0.3, 0.4) is 0 Å². The second-order valence-electron chi connectivity index (χ2n) is 5.60. The van der Waals surface area contributed by atoms with Crippen LogP contribution < -0.4 is 20.5 Å². The zero-order valence-corrected chi connectivity index (χ0v) is 14.7. The van der Waals surface area contributed by atoms with Crippen LogP contribution in [0.2, 0.25) is 0 Å². The van der Waals surface area contributed by atoms with Crippen molar-refractivity contribution in [3.63, 3.8) is 0 Å². The highest BCUT2D eigenvalue weighted by molar-refractivity contribution is 5.81. The van der Waals surface area contributed by atoms with Crippen LogP contribution in [0.15, 0.2) is 18.2 Å². The molecule has 0 saturated heterocycles. The molecule has 1 aromatic rings. The van der Waals surface area contributed by atoms with Gasteiger partial charge in [-0.25, -0.2) is 0 Å². The fraction of sp³-hybridized carbons (Fsp3) is 0.611. The van der Waals surface area contributed by atoms with Gasteiger partial charge in [-0.05, 0) is 43.9 Å². The second kappa shape index (κ2) is 10.1. The van der Waals surface area contributed by atoms with Gasteiger partial charge in [0, 0.05) is 6.54 Å². The van der Waals surface area contributed by atoms with Crippen LogP contribution in [0.25, 0.3) is 0 Å². The minimum atomic E-state index is -0.445. The topological polar surface area (TPSA) is 73.6 Å². The van der Waals surface area contributed by atoms with E-state index in [0.29, 0.717) is 19.8 Å². The van der Waals surface area contributed by atoms with E-state index < -0.39 is 6.04 Å². The molecule has 0 heterocycles. The molecule has 1 aromatic carbocycles. The average Bonchev–Trinajstić information content (AvgIpc) is 2.56. The van der Waals surface area contributed by atoms with Crippen LogP contribution in [0.1, 0.15) is 39.7 Å². The van der Waals surface area contributed by atoms with Gasteiger partial charge in [0.2, 0.25) is 5.91 Å². The molecule has 5 nitrogen and oxygen atoms in total. The van der Waals surface area contributed by atoms with Gasteiger partial charge in [-0.15, -0.1) is 0 Å². The summed E-state index contributed by atoms with van der Waals surface area (Å²) in [5.74, 6) is 1.59. The summed E-state index contributed by atoms with van der Waals surface area (Å²) in [6, 6.07) is 5.43. The molecule has 1 rings (SSSR count). The van der Waals surface area contributed by atoms with Crippen molar-refractivity contribution in [2.45, 2.75) is 46.6 Å². The van der Waals surface area contributed by atoms with Gasteiger partial charge in [0.25, 0.3) is 0 Å². The Hall–Kier alpha value is -1.75. The minimum Gasteiger partial charge on any atom is -0.490 e. The monoisotopic (exact) mass is 322 g/mol. The molecule has 0 spiro atoms. The van der Waals surface area contributed by atoms with Crippen molar-refractivity contribution in [1.82, 2.24) is 5.32 Å². The number of carbonyl (C=O) groups is 1. The second-order valence-corrected chi connectivity index (χ2v) is 5.60. The first-order valence-electron chi connectivity index (χ1n) is 8.45. The lowest BCUT2D eigenvalue weighted by Crippen LogP contribution is -2.45. The maximum atomic E-state index is 12.0. The first kappa shape index (κ1) is 19.3. The molecule has 0 aromatic heterocycles. The Morgan fingerprint density at radius 3 is 2.43 bits per heavy atom. The molecule has 0 radical (unpaired) electrons. The van der Waals surface area contributed by atoms with Gasteiger partial charge in [-0.1, -0.05) is 26.3 Å². The first-order valence-corrected chi connectivity index (χ1v) is 8.45. The number of benzene rings is 1. The van der Waals surface area contributed by atoms with Crippen LogP contribution in [0.4, 0.5) is 0 Å². The summed E-state index contributed by atoms with van der Waals surface area (Å²) in [5, 5.41) is 2.90.